The van der Waals surface area contributed by atoms with E-state index in [4.69, 9.17) is 9.47 Å². The van der Waals surface area contributed by atoms with Crippen LogP contribution in [0, 0.1) is 5.92 Å². The molecule has 2 aliphatic heterocycles. The number of carbonyl (C=O) groups excluding carboxylic acids is 5. The van der Waals surface area contributed by atoms with E-state index in [0.717, 1.165) is 30.8 Å². The van der Waals surface area contributed by atoms with Gasteiger partial charge in [0.2, 0.25) is 23.6 Å². The number of hydrogen-bond acceptors (Lipinski definition) is 9. The number of carbonyl (C=O) groups is 5. The number of ether oxygens (including phenoxy) is 2. The second-order valence-electron chi connectivity index (χ2n) is 12.9. The van der Waals surface area contributed by atoms with Gasteiger partial charge in [0, 0.05) is 26.2 Å². The number of aliphatic hydroxyl groups is 1. The van der Waals surface area contributed by atoms with Crippen LogP contribution in [0.1, 0.15) is 55.6 Å². The van der Waals surface area contributed by atoms with Crippen molar-refractivity contribution in [1.82, 2.24) is 31.5 Å². The van der Waals surface area contributed by atoms with E-state index in [1.165, 1.54) is 13.0 Å². The Hall–Kier alpha value is -4.53. The summed E-state index contributed by atoms with van der Waals surface area (Å²) in [4.78, 5) is 69.1. The fourth-order valence-electron chi connectivity index (χ4n) is 5.51. The van der Waals surface area contributed by atoms with Crippen LogP contribution in [0.3, 0.4) is 0 Å². The summed E-state index contributed by atoms with van der Waals surface area (Å²) in [5.41, 5.74) is 2.07. The highest BCUT2D eigenvalue weighted by Gasteiger charge is 2.33. The van der Waals surface area contributed by atoms with Crippen LogP contribution in [-0.4, -0.2) is 103 Å². The van der Waals surface area contributed by atoms with Gasteiger partial charge >= 0.3 is 0 Å². The van der Waals surface area contributed by atoms with Crippen molar-refractivity contribution < 1.29 is 38.6 Å². The topological polar surface area (TPSA) is 187 Å². The summed E-state index contributed by atoms with van der Waals surface area (Å²) in [7, 11) is 0. The van der Waals surface area contributed by atoms with E-state index >= 15 is 0 Å². The van der Waals surface area contributed by atoms with Gasteiger partial charge in [-0.2, -0.15) is 0 Å². The molecule has 0 aromatic heterocycles. The minimum absolute atomic E-state index is 0.000285. The maximum atomic E-state index is 13.5. The van der Waals surface area contributed by atoms with E-state index in [0.29, 0.717) is 13.2 Å². The summed E-state index contributed by atoms with van der Waals surface area (Å²) in [6, 6.07) is 9.96. The molecular formula is C35H48N6O8. The van der Waals surface area contributed by atoms with Crippen LogP contribution in [0.2, 0.25) is 0 Å². The molecule has 1 fully saturated rings. The molecule has 6 N–H and O–H groups in total. The number of hydrogen-bond donors (Lipinski definition) is 6. The SMILES string of the molecule is CC(C)[C@H]1NC(=O)[C@H]([C@@H](C)O)NC(=O)C[C@@H](C(=O)NCc2ccc(CN3CCOCC3)cc2)NC(=O)c2ccccc2OC[C@H](C)NC1=O. The Morgan fingerprint density at radius 1 is 0.898 bits per heavy atom. The van der Waals surface area contributed by atoms with Gasteiger partial charge in [0.1, 0.15) is 30.5 Å². The fraction of sp³-hybridized carbons (Fsp3) is 0.514. The van der Waals surface area contributed by atoms with E-state index in [1.54, 1.807) is 39.0 Å². The van der Waals surface area contributed by atoms with Gasteiger partial charge in [-0.15, -0.1) is 0 Å². The lowest BCUT2D eigenvalue weighted by molar-refractivity contribution is -0.135. The lowest BCUT2D eigenvalue weighted by Gasteiger charge is -2.27. The minimum Gasteiger partial charge on any atom is -0.491 e. The number of benzene rings is 2. The molecule has 2 aromatic rings. The third-order valence-corrected chi connectivity index (χ3v) is 8.35. The zero-order chi connectivity index (χ0) is 35.5. The van der Waals surface area contributed by atoms with E-state index in [-0.39, 0.29) is 30.4 Å². The second-order valence-corrected chi connectivity index (χ2v) is 12.9. The van der Waals surface area contributed by atoms with E-state index in [9.17, 15) is 29.1 Å². The maximum Gasteiger partial charge on any atom is 0.255 e. The van der Waals surface area contributed by atoms with Gasteiger partial charge in [-0.05, 0) is 43.0 Å². The number of aliphatic hydroxyl groups excluding tert-OH is 1. The number of rotatable bonds is 7. The zero-order valence-electron chi connectivity index (χ0n) is 28.5. The lowest BCUT2D eigenvalue weighted by Crippen LogP contribution is -2.59. The summed E-state index contributed by atoms with van der Waals surface area (Å²) in [6.07, 6.45) is -1.88. The molecule has 0 saturated carbocycles. The van der Waals surface area contributed by atoms with Crippen LogP contribution >= 0.6 is 0 Å². The fourth-order valence-corrected chi connectivity index (χ4v) is 5.51. The average molecular weight is 681 g/mol. The van der Waals surface area contributed by atoms with Gasteiger partial charge < -0.3 is 41.2 Å². The summed E-state index contributed by atoms with van der Waals surface area (Å²) < 4.78 is 11.3. The minimum atomic E-state index is -1.44. The van der Waals surface area contributed by atoms with Crippen molar-refractivity contribution in [2.45, 2.75) is 77.5 Å². The second kappa shape index (κ2) is 17.7. The van der Waals surface area contributed by atoms with Crippen LogP contribution in [-0.2, 0) is 37.0 Å². The molecule has 5 amide bonds. The lowest BCUT2D eigenvalue weighted by atomic mass is 10.0. The van der Waals surface area contributed by atoms with Gasteiger partial charge in [-0.1, -0.05) is 50.2 Å². The first-order valence-electron chi connectivity index (χ1n) is 16.7. The third kappa shape index (κ3) is 11.0. The first-order chi connectivity index (χ1) is 23.4. The average Bonchev–Trinajstić information content (AvgIpc) is 3.07. The molecule has 5 atom stereocenters. The molecule has 0 radical (unpaired) electrons. The smallest absolute Gasteiger partial charge is 0.255 e. The highest BCUT2D eigenvalue weighted by atomic mass is 16.5. The van der Waals surface area contributed by atoms with Crippen molar-refractivity contribution in [2.75, 3.05) is 32.9 Å². The van der Waals surface area contributed by atoms with Crippen molar-refractivity contribution in [3.63, 3.8) is 0 Å². The molecule has 49 heavy (non-hydrogen) atoms. The van der Waals surface area contributed by atoms with Gasteiger partial charge in [-0.25, -0.2) is 0 Å². The predicted molar refractivity (Wildman–Crippen MR) is 180 cm³/mol. The van der Waals surface area contributed by atoms with Crippen LogP contribution in [0.5, 0.6) is 5.75 Å². The zero-order valence-corrected chi connectivity index (χ0v) is 28.5. The van der Waals surface area contributed by atoms with Crippen molar-refractivity contribution in [2.24, 2.45) is 5.92 Å². The summed E-state index contributed by atoms with van der Waals surface area (Å²) in [6.45, 7) is 10.6. The molecule has 4 rings (SSSR count). The first-order valence-corrected chi connectivity index (χ1v) is 16.7. The van der Waals surface area contributed by atoms with Gasteiger partial charge in [0.15, 0.2) is 0 Å². The normalized spacial score (nSPS) is 23.9. The number of fused-ring (bicyclic) bond motifs is 1. The molecule has 0 spiro atoms. The van der Waals surface area contributed by atoms with Crippen LogP contribution in [0.15, 0.2) is 48.5 Å². The number of nitrogens with zero attached hydrogens (tertiary/aromatic N) is 1. The number of morpholine rings is 1. The van der Waals surface area contributed by atoms with Crippen molar-refractivity contribution >= 4 is 29.5 Å². The standard InChI is InChI=1S/C35H48N6O8/c1-21(2)30-34(46)37-22(3)20-49-28-8-6-5-7-26(28)32(44)38-27(17-29(43)39-31(23(4)42)35(47)40-30)33(45)36-18-24-9-11-25(12-10-24)19-41-13-15-48-16-14-41/h5-12,21-23,27,30-31,42H,13-20H2,1-4H3,(H,36,45)(H,37,46)(H,38,44)(H,39,43)(H,40,47)/t22-,23+,27-,30+,31-/m0/s1. The maximum absolute atomic E-state index is 13.5. The number of para-hydroxylation sites is 1. The third-order valence-electron chi connectivity index (χ3n) is 8.35. The number of amides is 5. The predicted octanol–water partition coefficient (Wildman–Crippen LogP) is 0.227. The van der Waals surface area contributed by atoms with Gasteiger partial charge in [-0.3, -0.25) is 28.9 Å². The van der Waals surface area contributed by atoms with Gasteiger partial charge in [0.25, 0.3) is 5.91 Å². The molecule has 1 saturated heterocycles. The highest BCUT2D eigenvalue weighted by molar-refractivity contribution is 6.01. The van der Waals surface area contributed by atoms with Gasteiger partial charge in [0.05, 0.1) is 37.3 Å². The molecule has 266 valence electrons. The molecule has 2 aliphatic rings. The molecule has 0 unspecified atom stereocenters. The first kappa shape index (κ1) is 37.3. The highest BCUT2D eigenvalue weighted by Crippen LogP contribution is 2.19. The Morgan fingerprint density at radius 2 is 1.55 bits per heavy atom. The van der Waals surface area contributed by atoms with E-state index in [2.05, 4.69) is 31.5 Å². The Bertz CT molecular complexity index is 1460. The Balaban J connectivity index is 1.54. The van der Waals surface area contributed by atoms with Crippen LogP contribution in [0.25, 0.3) is 0 Å². The van der Waals surface area contributed by atoms with E-state index in [1.807, 2.05) is 24.3 Å². The summed E-state index contributed by atoms with van der Waals surface area (Å²) >= 11 is 0. The van der Waals surface area contributed by atoms with Crippen molar-refractivity contribution in [1.29, 1.82) is 0 Å². The summed E-state index contributed by atoms with van der Waals surface area (Å²) in [5.74, 6) is -3.44. The van der Waals surface area contributed by atoms with Crippen molar-refractivity contribution in [3.8, 4) is 5.75 Å². The Morgan fingerprint density at radius 3 is 2.22 bits per heavy atom. The molecule has 0 bridgehead atoms. The molecule has 0 aliphatic carbocycles. The largest absolute Gasteiger partial charge is 0.491 e. The van der Waals surface area contributed by atoms with Crippen LogP contribution < -0.4 is 31.3 Å². The quantitative estimate of drug-likeness (QED) is 0.238. The molecule has 2 aromatic carbocycles. The molecule has 14 heteroatoms. The van der Waals surface area contributed by atoms with Crippen LogP contribution in [0.4, 0.5) is 0 Å². The molecule has 14 nitrogen and oxygen atoms in total. The Labute approximate surface area is 286 Å². The number of nitrogens with one attached hydrogen (secondary N) is 5. The van der Waals surface area contributed by atoms with Crippen molar-refractivity contribution in [3.05, 3.63) is 65.2 Å². The molecule has 2 heterocycles. The monoisotopic (exact) mass is 680 g/mol. The van der Waals surface area contributed by atoms with E-state index < -0.39 is 66.2 Å². The Kier molecular flexibility index (Phi) is 13.5. The molecular weight excluding hydrogens is 632 g/mol. The summed E-state index contributed by atoms with van der Waals surface area (Å²) in [5, 5.41) is 23.8.